The molecule has 0 bridgehead atoms. The molecule has 332 valence electrons. The second-order valence-corrected chi connectivity index (χ2v) is 23.7. The smallest absolute Gasteiger partial charge is 0.143 e. The van der Waals surface area contributed by atoms with Gasteiger partial charge in [0, 0.05) is 10.8 Å². The predicted molar refractivity (Wildman–Crippen MR) is 414 cm³/mol. The molecule has 0 aliphatic heterocycles. The third kappa shape index (κ3) is 6.67. The lowest BCUT2D eigenvalue weighted by molar-refractivity contribution is 0.675. The van der Waals surface area contributed by atoms with Crippen LogP contribution in [0.15, 0.2) is 40.8 Å². The second-order valence-electron chi connectivity index (χ2n) is 23.7. The van der Waals surface area contributed by atoms with Crippen LogP contribution in [-0.4, -0.2) is 188 Å². The molecule has 1 heterocycles. The summed E-state index contributed by atoms with van der Waals surface area (Å²) in [4.78, 5) is 0. The zero-order valence-electron chi connectivity index (χ0n) is 49.9. The van der Waals surface area contributed by atoms with Gasteiger partial charge in [0.25, 0.3) is 0 Å². The first kappa shape index (κ1) is 51.9. The SMILES string of the molecule is Bc1c(B)c(B)c2c(oc3c(B)c(B)c(-c4c5c(B)c(B)c(B)c(B)c5c(-c5ccc(-c6c(B)c7c(B)c(B)c(B)c(B)c7c7c(B)c(B)c(B)c(B)c67)c6ccccc56)c5c(B)c(B)c(B)c(B)c45)c(B)c32)c1B. The summed E-state index contributed by atoms with van der Waals surface area (Å²) in [6, 6.07) is 14.4. The highest BCUT2D eigenvalue weighted by Gasteiger charge is 2.31. The van der Waals surface area contributed by atoms with E-state index in [1.165, 1.54) is 229 Å². The van der Waals surface area contributed by atoms with Crippen LogP contribution >= 0.6 is 0 Å². The summed E-state index contributed by atoms with van der Waals surface area (Å²) in [6.07, 6.45) is 0. The van der Waals surface area contributed by atoms with E-state index in [-0.39, 0.29) is 0 Å². The first-order valence-electron chi connectivity index (χ1n) is 27.6. The van der Waals surface area contributed by atoms with E-state index in [9.17, 15) is 0 Å². The Balaban J connectivity index is 1.37. The van der Waals surface area contributed by atoms with Gasteiger partial charge in [0.15, 0.2) is 0 Å². The lowest BCUT2D eigenvalue weighted by Gasteiger charge is -2.30. The quantitative estimate of drug-likeness (QED) is 0.0977. The van der Waals surface area contributed by atoms with Crippen molar-refractivity contribution in [1.82, 2.24) is 0 Å². The van der Waals surface area contributed by atoms with Gasteiger partial charge in [-0.1, -0.05) is 118 Å². The van der Waals surface area contributed by atoms with Crippen LogP contribution in [0.3, 0.4) is 0 Å². The Morgan fingerprint density at radius 2 is 0.453 bits per heavy atom. The molecule has 0 saturated heterocycles. The molecule has 75 heavy (non-hydrogen) atoms. The van der Waals surface area contributed by atoms with Gasteiger partial charge >= 0.3 is 0 Å². The summed E-state index contributed by atoms with van der Waals surface area (Å²) < 4.78 is 7.07. The van der Waals surface area contributed by atoms with Crippen LogP contribution in [0.4, 0.5) is 0 Å². The highest BCUT2D eigenvalue weighted by Crippen LogP contribution is 2.45. The molecular weight excluding hydrogens is 876 g/mol. The van der Waals surface area contributed by atoms with Crippen LogP contribution in [0, 0.1) is 0 Å². The van der Waals surface area contributed by atoms with Crippen molar-refractivity contribution < 1.29 is 4.42 Å². The minimum absolute atomic E-state index is 1.03. The maximum atomic E-state index is 7.07. The van der Waals surface area contributed by atoms with E-state index in [0.717, 1.165) is 11.2 Å². The molecule has 0 atom stereocenters. The van der Waals surface area contributed by atoms with Crippen LogP contribution in [0.5, 0.6) is 0 Å². The molecule has 1 nitrogen and oxygen atoms in total. The van der Waals surface area contributed by atoms with E-state index in [1.807, 2.05) is 0 Å². The van der Waals surface area contributed by atoms with Crippen molar-refractivity contribution in [2.75, 3.05) is 0 Å². The molecule has 0 N–H and O–H groups in total. The Morgan fingerprint density at radius 1 is 0.187 bits per heavy atom. The molecule has 0 amide bonds. The molecule has 0 spiro atoms. The molecule has 25 heteroatoms. The number of fused-ring (bicyclic) bond motifs is 9. The molecule has 0 fully saturated rings. The molecule has 11 aromatic rings. The molecular formula is C50H54B24O. The Hall–Kier alpha value is -5.14. The third-order valence-corrected chi connectivity index (χ3v) is 21.1. The minimum Gasteiger partial charge on any atom is -0.457 e. The highest BCUT2D eigenvalue weighted by atomic mass is 16.3. The molecule has 0 radical (unpaired) electrons. The number of hydrogen-bond acceptors (Lipinski definition) is 1. The van der Waals surface area contributed by atoms with E-state index in [0.29, 0.717) is 0 Å². The standard InChI is InChI=1S/C50H54B24O/c51-25-12(16-19(32(58)42(68)39(65)29(16)55)20-22(25)34(60)44(70)43(69)33(20)59)10-6-5-9(7-3-1-2-4-8(7)10)11-14-17(30(56)40(66)37(63)27(14)53)13(18-15(11)28(54)38(64)41(67)31(18)57)21-26(52)23-24-36(62)45(71)46(72)48(74)50(24)75-49(23)47(73)35(21)61/h1-6H,51-74H2. The largest absolute Gasteiger partial charge is 0.457 e. The van der Waals surface area contributed by atoms with Gasteiger partial charge in [-0.2, -0.15) is 0 Å². The van der Waals surface area contributed by atoms with E-state index in [1.54, 1.807) is 0 Å². The van der Waals surface area contributed by atoms with Gasteiger partial charge in [0.2, 0.25) is 0 Å². The van der Waals surface area contributed by atoms with E-state index in [4.69, 9.17) is 4.42 Å². The predicted octanol–water partition coefficient (Wildman–Crippen LogP) is -27.4. The maximum Gasteiger partial charge on any atom is 0.143 e. The van der Waals surface area contributed by atoms with Gasteiger partial charge in [-0.05, 0) is 87.2 Å². The second kappa shape index (κ2) is 17.7. The van der Waals surface area contributed by atoms with Crippen molar-refractivity contribution in [3.05, 3.63) is 36.4 Å². The number of furan rings is 1. The topological polar surface area (TPSA) is 13.1 Å². The highest BCUT2D eigenvalue weighted by molar-refractivity contribution is 6.76. The average molecular weight is 930 g/mol. The van der Waals surface area contributed by atoms with Gasteiger partial charge < -0.3 is 4.42 Å². The Bertz CT molecular complexity index is 4500. The van der Waals surface area contributed by atoms with E-state index >= 15 is 0 Å². The van der Waals surface area contributed by atoms with Crippen molar-refractivity contribution in [3.8, 4) is 33.4 Å². The monoisotopic (exact) mass is 935 g/mol. The number of hydrogen-bond donors (Lipinski definition) is 0. The van der Waals surface area contributed by atoms with Crippen molar-refractivity contribution in [3.63, 3.8) is 0 Å². The van der Waals surface area contributed by atoms with Gasteiger partial charge in [-0.3, -0.25) is 0 Å². The van der Waals surface area contributed by atoms with Crippen LogP contribution < -0.4 is 131 Å². The van der Waals surface area contributed by atoms with Crippen LogP contribution in [0.25, 0.3) is 109 Å². The normalized spacial score (nSPS) is 11.9. The summed E-state index contributed by atoms with van der Waals surface area (Å²) >= 11 is 0. The zero-order chi connectivity index (χ0) is 54.4. The third-order valence-electron chi connectivity index (χ3n) is 21.1. The molecule has 0 unspecified atom stereocenters. The first-order valence-corrected chi connectivity index (χ1v) is 27.6. The fourth-order valence-corrected chi connectivity index (χ4v) is 14.8. The van der Waals surface area contributed by atoms with Gasteiger partial charge in [0.05, 0.1) is 0 Å². The molecule has 0 aliphatic rings. The van der Waals surface area contributed by atoms with E-state index in [2.05, 4.69) is 225 Å². The maximum absolute atomic E-state index is 7.07. The van der Waals surface area contributed by atoms with Crippen molar-refractivity contribution in [1.29, 1.82) is 0 Å². The Morgan fingerprint density at radius 3 is 0.867 bits per heavy atom. The minimum atomic E-state index is 1.03. The lowest BCUT2D eigenvalue weighted by Crippen LogP contribution is -2.51. The van der Waals surface area contributed by atoms with Crippen molar-refractivity contribution in [2.45, 2.75) is 0 Å². The van der Waals surface area contributed by atoms with Crippen LogP contribution in [0.2, 0.25) is 0 Å². The van der Waals surface area contributed by atoms with Gasteiger partial charge in [0.1, 0.15) is 199 Å². The van der Waals surface area contributed by atoms with Crippen LogP contribution in [-0.2, 0) is 0 Å². The van der Waals surface area contributed by atoms with E-state index < -0.39 is 0 Å². The molecule has 1 aromatic heterocycles. The number of rotatable bonds is 3. The van der Waals surface area contributed by atoms with Crippen molar-refractivity contribution >= 4 is 395 Å². The summed E-state index contributed by atoms with van der Waals surface area (Å²) in [7, 11) is 56.4. The lowest BCUT2D eigenvalue weighted by atomic mass is 9.58. The fourth-order valence-electron chi connectivity index (χ4n) is 14.8. The number of benzene rings is 10. The summed E-state index contributed by atoms with van der Waals surface area (Å²) in [5, 5.41) is 16.3. The zero-order valence-corrected chi connectivity index (χ0v) is 49.9. The Labute approximate surface area is 466 Å². The average Bonchev–Trinajstić information content (AvgIpc) is 3.84. The molecule has 0 saturated carbocycles. The molecule has 10 aromatic carbocycles. The Kier molecular flexibility index (Phi) is 12.3. The summed E-state index contributed by atoms with van der Waals surface area (Å²) in [5.41, 5.74) is 42.6. The molecule has 0 aliphatic carbocycles. The van der Waals surface area contributed by atoms with Gasteiger partial charge in [-0.15, -0.1) is 49.2 Å². The first-order chi connectivity index (χ1) is 35.3. The van der Waals surface area contributed by atoms with Gasteiger partial charge in [-0.25, -0.2) is 0 Å². The summed E-state index contributed by atoms with van der Waals surface area (Å²) in [6.45, 7) is 0. The summed E-state index contributed by atoms with van der Waals surface area (Å²) in [5.74, 6) is 0. The van der Waals surface area contributed by atoms with Crippen molar-refractivity contribution in [2.24, 2.45) is 0 Å². The van der Waals surface area contributed by atoms with Crippen LogP contribution in [0.1, 0.15) is 0 Å². The molecule has 11 rings (SSSR count). The fraction of sp³-hybridized carbons (Fsp3) is 0.